The monoisotopic (exact) mass is 380 g/mol. The van der Waals surface area contributed by atoms with Gasteiger partial charge in [-0.15, -0.1) is 0 Å². The van der Waals surface area contributed by atoms with Gasteiger partial charge in [-0.1, -0.05) is 12.1 Å². The number of rotatable bonds is 5. The summed E-state index contributed by atoms with van der Waals surface area (Å²) in [5.74, 6) is 0.186. The largest absolute Gasteiger partial charge is 0.493 e. The lowest BCUT2D eigenvalue weighted by Gasteiger charge is -2.11. The summed E-state index contributed by atoms with van der Waals surface area (Å²) in [5, 5.41) is 3.27. The molecule has 7 nitrogen and oxygen atoms in total. The van der Waals surface area contributed by atoms with Crippen molar-refractivity contribution in [3.63, 3.8) is 0 Å². The molecule has 0 spiro atoms. The first-order chi connectivity index (χ1) is 13.4. The average Bonchev–Trinajstić information content (AvgIpc) is 3.45. The van der Waals surface area contributed by atoms with E-state index in [0.717, 1.165) is 18.4 Å². The number of anilines is 1. The van der Waals surface area contributed by atoms with Crippen LogP contribution in [0.1, 0.15) is 28.8 Å². The molecule has 144 valence electrons. The van der Waals surface area contributed by atoms with E-state index in [1.165, 1.54) is 20.3 Å². The third-order valence-electron chi connectivity index (χ3n) is 5.00. The van der Waals surface area contributed by atoms with Gasteiger partial charge in [0.05, 0.1) is 14.2 Å². The Labute approximate surface area is 161 Å². The lowest BCUT2D eigenvalue weighted by atomic mass is 10.1. The Morgan fingerprint density at radius 3 is 2.43 bits per heavy atom. The number of amides is 1. The average molecular weight is 380 g/mol. The number of carbonyl (C=O) groups is 1. The molecule has 1 saturated carbocycles. The molecule has 4 rings (SSSR count). The third-order valence-corrected chi connectivity index (χ3v) is 5.00. The lowest BCUT2D eigenvalue weighted by Crippen LogP contribution is -2.21. The first kappa shape index (κ1) is 18.1. The summed E-state index contributed by atoms with van der Waals surface area (Å²) in [5.41, 5.74) is 6.92. The minimum atomic E-state index is -0.757. The molecule has 1 aliphatic rings. The van der Waals surface area contributed by atoms with Gasteiger partial charge < -0.3 is 24.9 Å². The highest BCUT2D eigenvalue weighted by Gasteiger charge is 2.39. The zero-order valence-corrected chi connectivity index (χ0v) is 15.6. The Hall–Kier alpha value is -3.32. The fraction of sp³-hybridized carbons (Fsp3) is 0.238. The highest BCUT2D eigenvalue weighted by molar-refractivity contribution is 6.05. The van der Waals surface area contributed by atoms with Gasteiger partial charge in [0.1, 0.15) is 5.56 Å². The number of hydrogen-bond acceptors (Lipinski definition) is 6. The Balaban J connectivity index is 1.64. The van der Waals surface area contributed by atoms with Crippen LogP contribution >= 0.6 is 0 Å². The van der Waals surface area contributed by atoms with Gasteiger partial charge in [-0.25, -0.2) is 4.79 Å². The summed E-state index contributed by atoms with van der Waals surface area (Å²) in [6.45, 7) is 0. The Kier molecular flexibility index (Phi) is 4.31. The van der Waals surface area contributed by atoms with Crippen LogP contribution in [0, 0.1) is 0 Å². The van der Waals surface area contributed by atoms with Gasteiger partial charge in [0, 0.05) is 16.6 Å². The molecule has 0 unspecified atom stereocenters. The van der Waals surface area contributed by atoms with Crippen molar-refractivity contribution in [3.05, 3.63) is 64.0 Å². The molecular formula is C21H20N2O5. The Morgan fingerprint density at radius 1 is 1.11 bits per heavy atom. The molecule has 0 aliphatic heterocycles. The fourth-order valence-corrected chi connectivity index (χ4v) is 3.16. The van der Waals surface area contributed by atoms with Crippen LogP contribution < -0.4 is 26.1 Å². The quantitative estimate of drug-likeness (QED) is 0.660. The van der Waals surface area contributed by atoms with Crippen LogP contribution in [0.25, 0.3) is 11.0 Å². The van der Waals surface area contributed by atoms with E-state index in [1.54, 1.807) is 24.3 Å². The molecular weight excluding hydrogens is 360 g/mol. The minimum absolute atomic E-state index is 0.0960. The number of nitrogens with two attached hydrogens (primary N) is 1. The molecule has 3 aromatic rings. The summed E-state index contributed by atoms with van der Waals surface area (Å²) in [6.07, 6.45) is 1.93. The van der Waals surface area contributed by atoms with Crippen molar-refractivity contribution in [3.8, 4) is 11.5 Å². The summed E-state index contributed by atoms with van der Waals surface area (Å²) in [4.78, 5) is 25.0. The van der Waals surface area contributed by atoms with E-state index < -0.39 is 11.5 Å². The van der Waals surface area contributed by atoms with E-state index in [1.807, 2.05) is 12.1 Å². The molecule has 2 aromatic carbocycles. The van der Waals surface area contributed by atoms with E-state index in [9.17, 15) is 9.59 Å². The standard InChI is InChI=1S/C21H20N2O5/c1-26-16-8-3-12-11-15(20(25)28-17(12)18(16)27-2)19(24)23-14-6-4-13(5-7-14)21(22)9-10-21/h3-8,11H,9-10,22H2,1-2H3,(H,23,24). The SMILES string of the molecule is COc1ccc2cc(C(=O)Nc3ccc(C4(N)CC4)cc3)c(=O)oc2c1OC. The van der Waals surface area contributed by atoms with Crippen LogP contribution in [0.3, 0.4) is 0 Å². The summed E-state index contributed by atoms with van der Waals surface area (Å²) in [6, 6.07) is 12.2. The molecule has 0 atom stereocenters. The second-order valence-electron chi connectivity index (χ2n) is 6.85. The zero-order chi connectivity index (χ0) is 19.9. The fourth-order valence-electron chi connectivity index (χ4n) is 3.16. The third kappa shape index (κ3) is 3.10. The molecule has 1 heterocycles. The Morgan fingerprint density at radius 2 is 1.82 bits per heavy atom. The molecule has 1 aromatic heterocycles. The topological polar surface area (TPSA) is 104 Å². The van der Waals surface area contributed by atoms with Gasteiger partial charge in [0.2, 0.25) is 5.75 Å². The smallest absolute Gasteiger partial charge is 0.349 e. The minimum Gasteiger partial charge on any atom is -0.493 e. The maximum Gasteiger partial charge on any atom is 0.349 e. The summed E-state index contributed by atoms with van der Waals surface area (Å²) < 4.78 is 15.8. The van der Waals surface area contributed by atoms with Gasteiger partial charge in [-0.05, 0) is 48.7 Å². The van der Waals surface area contributed by atoms with Crippen molar-refractivity contribution >= 4 is 22.6 Å². The van der Waals surface area contributed by atoms with Crippen LogP contribution in [0.2, 0.25) is 0 Å². The molecule has 0 bridgehead atoms. The van der Waals surface area contributed by atoms with Gasteiger partial charge >= 0.3 is 5.63 Å². The molecule has 3 N–H and O–H groups in total. The first-order valence-corrected chi connectivity index (χ1v) is 8.85. The number of carbonyl (C=O) groups excluding carboxylic acids is 1. The maximum atomic E-state index is 12.6. The molecule has 7 heteroatoms. The maximum absolute atomic E-state index is 12.6. The van der Waals surface area contributed by atoms with Gasteiger partial charge in [-0.3, -0.25) is 4.79 Å². The van der Waals surface area contributed by atoms with E-state index in [2.05, 4.69) is 5.32 Å². The van der Waals surface area contributed by atoms with E-state index in [4.69, 9.17) is 19.6 Å². The molecule has 1 amide bonds. The van der Waals surface area contributed by atoms with Crippen molar-refractivity contribution in [2.45, 2.75) is 18.4 Å². The van der Waals surface area contributed by atoms with Crippen molar-refractivity contribution in [1.29, 1.82) is 0 Å². The number of ether oxygens (including phenoxy) is 2. The van der Waals surface area contributed by atoms with Crippen LogP contribution in [0.15, 0.2) is 51.7 Å². The zero-order valence-electron chi connectivity index (χ0n) is 15.6. The number of benzene rings is 2. The summed E-state index contributed by atoms with van der Waals surface area (Å²) in [7, 11) is 2.94. The van der Waals surface area contributed by atoms with Gasteiger partial charge in [0.25, 0.3) is 5.91 Å². The Bertz CT molecular complexity index is 1110. The second kappa shape index (κ2) is 6.69. The molecule has 28 heavy (non-hydrogen) atoms. The van der Waals surface area contributed by atoms with Crippen molar-refractivity contribution < 1.29 is 18.7 Å². The van der Waals surface area contributed by atoms with Crippen LogP contribution in [-0.2, 0) is 5.54 Å². The van der Waals surface area contributed by atoms with Crippen LogP contribution in [0.4, 0.5) is 5.69 Å². The second-order valence-corrected chi connectivity index (χ2v) is 6.85. The number of fused-ring (bicyclic) bond motifs is 1. The highest BCUT2D eigenvalue weighted by atomic mass is 16.5. The molecule has 0 radical (unpaired) electrons. The number of nitrogens with one attached hydrogen (secondary N) is 1. The van der Waals surface area contributed by atoms with E-state index in [0.29, 0.717) is 22.6 Å². The van der Waals surface area contributed by atoms with Gasteiger partial charge in [-0.2, -0.15) is 0 Å². The number of hydrogen-bond donors (Lipinski definition) is 2. The van der Waals surface area contributed by atoms with Gasteiger partial charge in [0.15, 0.2) is 11.3 Å². The molecule has 1 aliphatic carbocycles. The first-order valence-electron chi connectivity index (χ1n) is 8.85. The molecule has 1 fully saturated rings. The predicted octanol–water partition coefficient (Wildman–Crippen LogP) is 3.01. The lowest BCUT2D eigenvalue weighted by molar-refractivity contribution is 0.102. The van der Waals surface area contributed by atoms with Crippen LogP contribution in [0.5, 0.6) is 11.5 Å². The van der Waals surface area contributed by atoms with Crippen molar-refractivity contribution in [2.75, 3.05) is 19.5 Å². The van der Waals surface area contributed by atoms with Crippen molar-refractivity contribution in [1.82, 2.24) is 0 Å². The van der Waals surface area contributed by atoms with Crippen LogP contribution in [-0.4, -0.2) is 20.1 Å². The molecule has 0 saturated heterocycles. The predicted molar refractivity (Wildman–Crippen MR) is 105 cm³/mol. The van der Waals surface area contributed by atoms with E-state index in [-0.39, 0.29) is 16.7 Å². The summed E-state index contributed by atoms with van der Waals surface area (Å²) >= 11 is 0. The van der Waals surface area contributed by atoms with E-state index >= 15 is 0 Å². The normalized spacial score (nSPS) is 14.5. The van der Waals surface area contributed by atoms with Crippen molar-refractivity contribution in [2.24, 2.45) is 5.73 Å². The highest BCUT2D eigenvalue weighted by Crippen LogP contribution is 2.42. The number of methoxy groups -OCH3 is 2.